The lowest BCUT2D eigenvalue weighted by atomic mass is 10.0. The monoisotopic (exact) mass is 582 g/mol. The van der Waals surface area contributed by atoms with Crippen LogP contribution in [0.15, 0.2) is 138 Å². The van der Waals surface area contributed by atoms with Gasteiger partial charge in [0.15, 0.2) is 17.5 Å². The summed E-state index contributed by atoms with van der Waals surface area (Å²) in [7, 11) is 0. The molecule has 9 rings (SSSR count). The fourth-order valence-corrected chi connectivity index (χ4v) is 6.79. The van der Waals surface area contributed by atoms with Gasteiger partial charge in [0.05, 0.1) is 10.2 Å². The van der Waals surface area contributed by atoms with Crippen molar-refractivity contribution >= 4 is 54.3 Å². The second kappa shape index (κ2) is 9.93. The zero-order valence-electron chi connectivity index (χ0n) is 23.3. The zero-order chi connectivity index (χ0) is 29.0. The lowest BCUT2D eigenvalue weighted by Gasteiger charge is -2.10. The minimum Gasteiger partial charge on any atom is -0.456 e. The van der Waals surface area contributed by atoms with E-state index in [1.54, 1.807) is 11.3 Å². The third kappa shape index (κ3) is 4.15. The van der Waals surface area contributed by atoms with Crippen LogP contribution in [-0.4, -0.2) is 19.9 Å². The topological polar surface area (TPSA) is 64.7 Å². The number of hydrogen-bond acceptors (Lipinski definition) is 6. The number of hydrogen-bond donors (Lipinski definition) is 0. The highest BCUT2D eigenvalue weighted by Gasteiger charge is 2.19. The van der Waals surface area contributed by atoms with Crippen LogP contribution in [0.1, 0.15) is 0 Å². The lowest BCUT2D eigenvalue weighted by Crippen LogP contribution is -2.00. The van der Waals surface area contributed by atoms with Gasteiger partial charge < -0.3 is 4.42 Å². The molecule has 0 saturated carbocycles. The first-order valence-corrected chi connectivity index (χ1v) is 15.2. The van der Waals surface area contributed by atoms with Crippen LogP contribution in [0, 0.1) is 0 Å². The minimum absolute atomic E-state index is 0.596. The number of furan rings is 1. The Balaban J connectivity index is 1.27. The van der Waals surface area contributed by atoms with E-state index in [9.17, 15) is 0 Å². The SMILES string of the molecule is c1ccc(-c2nc(-c3ccc4ccccc4c3)nc(-c3cccc4oc5cc6sc(-c7ccccc7)nc6cc5c34)n2)cc1. The van der Waals surface area contributed by atoms with Gasteiger partial charge in [-0.05, 0) is 29.0 Å². The average Bonchev–Trinajstić information content (AvgIpc) is 3.68. The van der Waals surface area contributed by atoms with Crippen molar-refractivity contribution in [1.29, 1.82) is 0 Å². The van der Waals surface area contributed by atoms with Gasteiger partial charge in [0.2, 0.25) is 0 Å². The smallest absolute Gasteiger partial charge is 0.164 e. The molecule has 0 bridgehead atoms. The van der Waals surface area contributed by atoms with E-state index in [1.807, 2.05) is 72.8 Å². The molecule has 9 aromatic rings. The summed E-state index contributed by atoms with van der Waals surface area (Å²) >= 11 is 1.67. The maximum absolute atomic E-state index is 6.42. The van der Waals surface area contributed by atoms with Crippen LogP contribution in [-0.2, 0) is 0 Å². The summed E-state index contributed by atoms with van der Waals surface area (Å²) in [5.41, 5.74) is 6.40. The second-order valence-electron chi connectivity index (χ2n) is 10.7. The molecule has 0 aliphatic rings. The third-order valence-corrected chi connectivity index (χ3v) is 9.01. The number of thiazole rings is 1. The highest BCUT2D eigenvalue weighted by atomic mass is 32.1. The molecule has 0 aliphatic carbocycles. The molecule has 44 heavy (non-hydrogen) atoms. The normalized spacial score (nSPS) is 11.6. The Kier molecular flexibility index (Phi) is 5.61. The van der Waals surface area contributed by atoms with Gasteiger partial charge in [-0.3, -0.25) is 0 Å². The number of fused-ring (bicyclic) bond motifs is 5. The first kappa shape index (κ1) is 24.8. The summed E-state index contributed by atoms with van der Waals surface area (Å²) in [6, 6.07) is 45.3. The molecule has 0 aliphatic heterocycles. The van der Waals surface area contributed by atoms with E-state index >= 15 is 0 Å². The molecule has 3 heterocycles. The Morgan fingerprint density at radius 3 is 2.00 bits per heavy atom. The van der Waals surface area contributed by atoms with Crippen LogP contribution >= 0.6 is 11.3 Å². The van der Waals surface area contributed by atoms with Crippen molar-refractivity contribution in [2.45, 2.75) is 0 Å². The third-order valence-electron chi connectivity index (χ3n) is 7.94. The van der Waals surface area contributed by atoms with E-state index in [2.05, 4.69) is 60.7 Å². The zero-order valence-corrected chi connectivity index (χ0v) is 24.1. The predicted octanol–water partition coefficient (Wildman–Crippen LogP) is 10.2. The van der Waals surface area contributed by atoms with Gasteiger partial charge in [-0.1, -0.05) is 109 Å². The van der Waals surface area contributed by atoms with Crippen LogP contribution in [0.2, 0.25) is 0 Å². The van der Waals surface area contributed by atoms with Crippen LogP contribution in [0.5, 0.6) is 0 Å². The Labute approximate surface area is 256 Å². The van der Waals surface area contributed by atoms with Gasteiger partial charge in [-0.25, -0.2) is 19.9 Å². The Morgan fingerprint density at radius 2 is 1.18 bits per heavy atom. The van der Waals surface area contributed by atoms with Gasteiger partial charge in [-0.2, -0.15) is 0 Å². The van der Waals surface area contributed by atoms with Crippen LogP contribution in [0.4, 0.5) is 0 Å². The Bertz CT molecular complexity index is 2500. The number of aromatic nitrogens is 4. The summed E-state index contributed by atoms with van der Waals surface area (Å²) < 4.78 is 7.51. The van der Waals surface area contributed by atoms with Crippen molar-refractivity contribution in [1.82, 2.24) is 19.9 Å². The fraction of sp³-hybridized carbons (Fsp3) is 0. The standard InChI is InChI=1S/C38H22N4OS/c1-3-11-24(12-4-1)35-40-36(27-19-18-23-10-7-8-15-26(23)20-27)42-37(41-35)28-16-9-17-31-34(28)29-21-30-33(22-32(29)43-31)44-38(39-30)25-13-5-2-6-14-25/h1-22H. The van der Waals surface area contributed by atoms with E-state index in [1.165, 1.54) is 5.39 Å². The second-order valence-corrected chi connectivity index (χ2v) is 11.7. The van der Waals surface area contributed by atoms with Crippen molar-refractivity contribution < 1.29 is 4.42 Å². The minimum atomic E-state index is 0.596. The van der Waals surface area contributed by atoms with Crippen LogP contribution in [0.25, 0.3) is 87.7 Å². The largest absolute Gasteiger partial charge is 0.456 e. The molecule has 0 saturated heterocycles. The van der Waals surface area contributed by atoms with Gasteiger partial charge in [-0.15, -0.1) is 11.3 Å². The first-order valence-electron chi connectivity index (χ1n) is 14.4. The molecule has 206 valence electrons. The Hall–Kier alpha value is -5.72. The maximum atomic E-state index is 6.42. The van der Waals surface area contributed by atoms with Gasteiger partial charge in [0.25, 0.3) is 0 Å². The highest BCUT2D eigenvalue weighted by molar-refractivity contribution is 7.21. The van der Waals surface area contributed by atoms with E-state index in [4.69, 9.17) is 24.4 Å². The predicted molar refractivity (Wildman–Crippen MR) is 180 cm³/mol. The Morgan fingerprint density at radius 1 is 0.477 bits per heavy atom. The number of nitrogens with zero attached hydrogens (tertiary/aromatic N) is 4. The van der Waals surface area contributed by atoms with Gasteiger partial charge in [0.1, 0.15) is 16.2 Å². The summed E-state index contributed by atoms with van der Waals surface area (Å²) in [5.74, 6) is 1.84. The van der Waals surface area contributed by atoms with E-state index < -0.39 is 0 Å². The van der Waals surface area contributed by atoms with Crippen molar-refractivity contribution in [3.05, 3.63) is 133 Å². The average molecular weight is 583 g/mol. The fourth-order valence-electron chi connectivity index (χ4n) is 5.81. The summed E-state index contributed by atoms with van der Waals surface area (Å²) in [4.78, 5) is 20.0. The van der Waals surface area contributed by atoms with Crippen LogP contribution in [0.3, 0.4) is 0 Å². The maximum Gasteiger partial charge on any atom is 0.164 e. The van der Waals surface area contributed by atoms with Crippen molar-refractivity contribution in [3.63, 3.8) is 0 Å². The molecule has 3 aromatic heterocycles. The molecule has 5 nitrogen and oxygen atoms in total. The summed E-state index contributed by atoms with van der Waals surface area (Å²) in [5, 5.41) is 5.25. The number of rotatable bonds is 4. The molecule has 0 N–H and O–H groups in total. The lowest BCUT2D eigenvalue weighted by molar-refractivity contribution is 0.669. The van der Waals surface area contributed by atoms with Crippen molar-refractivity contribution in [2.24, 2.45) is 0 Å². The quantitative estimate of drug-likeness (QED) is 0.207. The molecule has 0 radical (unpaired) electrons. The molecular weight excluding hydrogens is 561 g/mol. The molecular formula is C38H22N4OS. The molecule has 0 fully saturated rings. The molecule has 0 spiro atoms. The molecule has 0 unspecified atom stereocenters. The number of benzene rings is 6. The summed E-state index contributed by atoms with van der Waals surface area (Å²) in [6.07, 6.45) is 0. The van der Waals surface area contributed by atoms with Crippen LogP contribution < -0.4 is 0 Å². The van der Waals surface area contributed by atoms with Crippen molar-refractivity contribution in [3.8, 4) is 44.7 Å². The molecule has 6 heteroatoms. The highest BCUT2D eigenvalue weighted by Crippen LogP contribution is 2.40. The first-order chi connectivity index (χ1) is 21.8. The van der Waals surface area contributed by atoms with E-state index in [0.717, 1.165) is 64.8 Å². The van der Waals surface area contributed by atoms with E-state index in [-0.39, 0.29) is 0 Å². The molecule has 0 amide bonds. The molecule has 0 atom stereocenters. The van der Waals surface area contributed by atoms with Gasteiger partial charge in [0, 0.05) is 39.1 Å². The summed E-state index contributed by atoms with van der Waals surface area (Å²) in [6.45, 7) is 0. The van der Waals surface area contributed by atoms with Crippen molar-refractivity contribution in [2.75, 3.05) is 0 Å². The molecule has 6 aromatic carbocycles. The van der Waals surface area contributed by atoms with E-state index in [0.29, 0.717) is 17.5 Å². The van der Waals surface area contributed by atoms with Gasteiger partial charge >= 0.3 is 0 Å².